The second-order valence-corrected chi connectivity index (χ2v) is 8.88. The minimum atomic E-state index is -0.174. The number of piperazine rings is 1. The summed E-state index contributed by atoms with van der Waals surface area (Å²) >= 11 is 3.34. The molecular weight excluding hydrogens is 448 g/mol. The molecule has 0 unspecified atom stereocenters. The second-order valence-electron chi connectivity index (χ2n) is 7.96. The van der Waals surface area contributed by atoms with E-state index in [1.807, 2.05) is 21.9 Å². The Bertz CT molecular complexity index is 724. The lowest BCUT2D eigenvalue weighted by Crippen LogP contribution is -2.52. The minimum absolute atomic E-state index is 0.0459. The lowest BCUT2D eigenvalue weighted by molar-refractivity contribution is -0.135. The maximum atomic E-state index is 12.5. The van der Waals surface area contributed by atoms with E-state index in [9.17, 15) is 14.4 Å². The highest BCUT2D eigenvalue weighted by molar-refractivity contribution is 9.10. The molecule has 0 bridgehead atoms. The van der Waals surface area contributed by atoms with Crippen LogP contribution in [-0.2, 0) is 9.59 Å². The van der Waals surface area contributed by atoms with Gasteiger partial charge in [-0.3, -0.25) is 19.3 Å². The van der Waals surface area contributed by atoms with E-state index < -0.39 is 0 Å². The molecule has 2 saturated heterocycles. The van der Waals surface area contributed by atoms with Crippen molar-refractivity contribution in [2.45, 2.75) is 32.1 Å². The molecule has 2 fully saturated rings. The van der Waals surface area contributed by atoms with Crippen LogP contribution in [0.25, 0.3) is 0 Å². The van der Waals surface area contributed by atoms with Crippen molar-refractivity contribution in [3.63, 3.8) is 0 Å². The third kappa shape index (κ3) is 6.80. The standard InChI is InChI=1S/C22H31BrN4O3/c23-19-7-5-18(6-8-19)22(30)24-10-9-20(28)27-15-13-25(14-16-27)17-21(29)26-11-3-1-2-4-12-26/h5-8H,1-4,9-17H2,(H,24,30). The molecule has 2 aliphatic rings. The summed E-state index contributed by atoms with van der Waals surface area (Å²) < 4.78 is 0.918. The number of amides is 3. The summed E-state index contributed by atoms with van der Waals surface area (Å²) in [7, 11) is 0. The molecule has 1 aromatic carbocycles. The van der Waals surface area contributed by atoms with Gasteiger partial charge in [0.05, 0.1) is 6.54 Å². The van der Waals surface area contributed by atoms with Gasteiger partial charge in [-0.2, -0.15) is 0 Å². The number of nitrogens with zero attached hydrogens (tertiary/aromatic N) is 3. The van der Waals surface area contributed by atoms with Crippen LogP contribution in [-0.4, -0.2) is 84.8 Å². The van der Waals surface area contributed by atoms with Crippen LogP contribution >= 0.6 is 15.9 Å². The number of carbonyl (C=O) groups is 3. The normalized spacial score (nSPS) is 18.0. The molecule has 0 spiro atoms. The van der Waals surface area contributed by atoms with E-state index in [-0.39, 0.29) is 24.1 Å². The molecule has 0 saturated carbocycles. The minimum Gasteiger partial charge on any atom is -0.352 e. The summed E-state index contributed by atoms with van der Waals surface area (Å²) in [6, 6.07) is 7.12. The molecule has 2 aliphatic heterocycles. The molecule has 0 atom stereocenters. The highest BCUT2D eigenvalue weighted by atomic mass is 79.9. The number of halogens is 1. The van der Waals surface area contributed by atoms with Crippen molar-refractivity contribution in [1.82, 2.24) is 20.0 Å². The first kappa shape index (κ1) is 22.7. The van der Waals surface area contributed by atoms with Crippen LogP contribution in [0.15, 0.2) is 28.7 Å². The quantitative estimate of drug-likeness (QED) is 0.679. The molecule has 8 heteroatoms. The largest absolute Gasteiger partial charge is 0.352 e. The fourth-order valence-corrected chi connectivity index (χ4v) is 4.18. The summed E-state index contributed by atoms with van der Waals surface area (Å²) in [5, 5.41) is 2.80. The molecule has 0 radical (unpaired) electrons. The predicted octanol–water partition coefficient (Wildman–Crippen LogP) is 2.12. The van der Waals surface area contributed by atoms with Crippen molar-refractivity contribution >= 4 is 33.7 Å². The number of nitrogens with one attached hydrogen (secondary N) is 1. The highest BCUT2D eigenvalue weighted by Gasteiger charge is 2.24. The zero-order valence-electron chi connectivity index (χ0n) is 17.4. The molecule has 2 heterocycles. The molecule has 3 rings (SSSR count). The molecule has 7 nitrogen and oxygen atoms in total. The van der Waals surface area contributed by atoms with E-state index in [1.54, 1.807) is 12.1 Å². The van der Waals surface area contributed by atoms with Gasteiger partial charge in [0.1, 0.15) is 0 Å². The summed E-state index contributed by atoms with van der Waals surface area (Å²) in [5.41, 5.74) is 0.577. The van der Waals surface area contributed by atoms with Crippen LogP contribution in [0, 0.1) is 0 Å². The zero-order valence-corrected chi connectivity index (χ0v) is 19.0. The Balaban J connectivity index is 1.34. The number of hydrogen-bond acceptors (Lipinski definition) is 4. The summed E-state index contributed by atoms with van der Waals surface area (Å²) in [5.74, 6) is 0.0871. The van der Waals surface area contributed by atoms with Crippen LogP contribution < -0.4 is 5.32 Å². The Kier molecular flexibility index (Phi) is 8.69. The van der Waals surface area contributed by atoms with Crippen molar-refractivity contribution < 1.29 is 14.4 Å². The Morgan fingerprint density at radius 3 is 2.03 bits per heavy atom. The van der Waals surface area contributed by atoms with Gasteiger partial charge in [-0.1, -0.05) is 28.8 Å². The van der Waals surface area contributed by atoms with Crippen molar-refractivity contribution in [3.8, 4) is 0 Å². The zero-order chi connectivity index (χ0) is 21.3. The van der Waals surface area contributed by atoms with Gasteiger partial charge in [0, 0.05) is 62.3 Å². The van der Waals surface area contributed by atoms with Gasteiger partial charge in [-0.15, -0.1) is 0 Å². The second kappa shape index (κ2) is 11.5. The first-order valence-electron chi connectivity index (χ1n) is 10.8. The fraction of sp³-hybridized carbons (Fsp3) is 0.591. The average molecular weight is 479 g/mol. The molecular formula is C22H31BrN4O3. The van der Waals surface area contributed by atoms with E-state index in [0.717, 1.165) is 43.5 Å². The monoisotopic (exact) mass is 478 g/mol. The number of carbonyl (C=O) groups excluding carboxylic acids is 3. The van der Waals surface area contributed by atoms with Crippen LogP contribution in [0.3, 0.4) is 0 Å². The lowest BCUT2D eigenvalue weighted by atomic mass is 10.2. The number of benzene rings is 1. The Hall–Kier alpha value is -1.93. The molecule has 3 amide bonds. The van der Waals surface area contributed by atoms with Crippen LogP contribution in [0.4, 0.5) is 0 Å². The topological polar surface area (TPSA) is 73.0 Å². The summed E-state index contributed by atoms with van der Waals surface area (Å²) in [6.07, 6.45) is 4.93. The van der Waals surface area contributed by atoms with E-state index >= 15 is 0 Å². The molecule has 164 valence electrons. The first-order chi connectivity index (χ1) is 14.5. The van der Waals surface area contributed by atoms with Crippen LogP contribution in [0.2, 0.25) is 0 Å². The Morgan fingerprint density at radius 1 is 0.800 bits per heavy atom. The first-order valence-corrected chi connectivity index (χ1v) is 11.6. The van der Waals surface area contributed by atoms with Crippen molar-refractivity contribution in [3.05, 3.63) is 34.3 Å². The van der Waals surface area contributed by atoms with Crippen LogP contribution in [0.5, 0.6) is 0 Å². The number of likely N-dealkylation sites (tertiary alicyclic amines) is 1. The SMILES string of the molecule is O=C(NCCC(=O)N1CCN(CC(=O)N2CCCCCC2)CC1)c1ccc(Br)cc1. The molecule has 1 aromatic rings. The van der Waals surface area contributed by atoms with E-state index in [4.69, 9.17) is 0 Å². The molecule has 0 aromatic heterocycles. The van der Waals surface area contributed by atoms with E-state index in [0.29, 0.717) is 31.7 Å². The average Bonchev–Trinajstić information content (AvgIpc) is 3.04. The van der Waals surface area contributed by atoms with E-state index in [2.05, 4.69) is 26.1 Å². The maximum absolute atomic E-state index is 12.5. The van der Waals surface area contributed by atoms with Gasteiger partial charge < -0.3 is 15.1 Å². The summed E-state index contributed by atoms with van der Waals surface area (Å²) in [4.78, 5) is 43.1. The van der Waals surface area contributed by atoms with Crippen molar-refractivity contribution in [1.29, 1.82) is 0 Å². The molecule has 30 heavy (non-hydrogen) atoms. The number of hydrogen-bond donors (Lipinski definition) is 1. The Labute approximate surface area is 186 Å². The molecule has 0 aliphatic carbocycles. The van der Waals surface area contributed by atoms with Gasteiger partial charge in [-0.05, 0) is 37.1 Å². The number of rotatable bonds is 6. The Morgan fingerprint density at radius 2 is 1.40 bits per heavy atom. The summed E-state index contributed by atoms with van der Waals surface area (Å²) in [6.45, 7) is 5.23. The third-order valence-electron chi connectivity index (χ3n) is 5.77. The predicted molar refractivity (Wildman–Crippen MR) is 119 cm³/mol. The lowest BCUT2D eigenvalue weighted by Gasteiger charge is -2.35. The molecule has 1 N–H and O–H groups in total. The van der Waals surface area contributed by atoms with Gasteiger partial charge >= 0.3 is 0 Å². The third-order valence-corrected chi connectivity index (χ3v) is 6.30. The van der Waals surface area contributed by atoms with E-state index in [1.165, 1.54) is 12.8 Å². The van der Waals surface area contributed by atoms with Gasteiger partial charge in [0.25, 0.3) is 5.91 Å². The maximum Gasteiger partial charge on any atom is 0.251 e. The van der Waals surface area contributed by atoms with Crippen molar-refractivity contribution in [2.24, 2.45) is 0 Å². The highest BCUT2D eigenvalue weighted by Crippen LogP contribution is 2.12. The van der Waals surface area contributed by atoms with Gasteiger partial charge in [0.15, 0.2) is 0 Å². The van der Waals surface area contributed by atoms with Gasteiger partial charge in [-0.25, -0.2) is 0 Å². The smallest absolute Gasteiger partial charge is 0.251 e. The van der Waals surface area contributed by atoms with Crippen LogP contribution in [0.1, 0.15) is 42.5 Å². The fourth-order valence-electron chi connectivity index (χ4n) is 3.91. The van der Waals surface area contributed by atoms with Gasteiger partial charge in [0.2, 0.25) is 11.8 Å². The van der Waals surface area contributed by atoms with Crippen molar-refractivity contribution in [2.75, 3.05) is 52.4 Å².